The topological polar surface area (TPSA) is 111 Å². The molecule has 0 aliphatic rings. The van der Waals surface area contributed by atoms with E-state index in [1.807, 2.05) is 52.8 Å². The molecule has 0 aliphatic carbocycles. The van der Waals surface area contributed by atoms with Gasteiger partial charge in [0.05, 0.1) is 11.1 Å². The number of H-pyrrole nitrogens is 1. The fraction of sp³-hybridized carbons (Fsp3) is 0.455. The van der Waals surface area contributed by atoms with Gasteiger partial charge in [0.1, 0.15) is 18.2 Å². The van der Waals surface area contributed by atoms with Gasteiger partial charge < -0.3 is 14.8 Å². The molecule has 2 aromatic heterocycles. The lowest BCUT2D eigenvalue weighted by Crippen LogP contribution is -2.33. The van der Waals surface area contributed by atoms with Crippen LogP contribution in [0.2, 0.25) is 5.02 Å². The van der Waals surface area contributed by atoms with Crippen LogP contribution in [0.4, 0.5) is 5.69 Å². The summed E-state index contributed by atoms with van der Waals surface area (Å²) in [6.45, 7) is 10.8. The van der Waals surface area contributed by atoms with Crippen molar-refractivity contribution in [2.24, 2.45) is 0 Å². The van der Waals surface area contributed by atoms with Crippen molar-refractivity contribution in [3.8, 4) is 0 Å². The second kappa shape index (κ2) is 9.30. The van der Waals surface area contributed by atoms with E-state index in [2.05, 4.69) is 20.6 Å². The SMILES string of the molecule is Cc1ccc(NC(=O)COC(C)C(=O)OCC(C)(C)c2nnc3c(Cl)c(C)[nH]n23)c(C)c1. The van der Waals surface area contributed by atoms with Gasteiger partial charge in [0.15, 0.2) is 17.6 Å². The minimum Gasteiger partial charge on any atom is -0.463 e. The molecule has 3 rings (SSSR count). The van der Waals surface area contributed by atoms with Crippen LogP contribution in [0.5, 0.6) is 0 Å². The number of amides is 1. The van der Waals surface area contributed by atoms with Crippen molar-refractivity contribution < 1.29 is 19.1 Å². The van der Waals surface area contributed by atoms with Crippen molar-refractivity contribution in [1.82, 2.24) is 19.8 Å². The summed E-state index contributed by atoms with van der Waals surface area (Å²) in [5, 5.41) is 14.7. The molecule has 0 saturated carbocycles. The number of anilines is 1. The number of halogens is 1. The van der Waals surface area contributed by atoms with Crippen molar-refractivity contribution in [3.63, 3.8) is 0 Å². The lowest BCUT2D eigenvalue weighted by atomic mass is 9.94. The van der Waals surface area contributed by atoms with Gasteiger partial charge in [-0.1, -0.05) is 29.3 Å². The van der Waals surface area contributed by atoms with Gasteiger partial charge >= 0.3 is 5.97 Å². The van der Waals surface area contributed by atoms with E-state index in [9.17, 15) is 9.59 Å². The maximum Gasteiger partial charge on any atom is 0.335 e. The molecule has 1 atom stereocenters. The van der Waals surface area contributed by atoms with Gasteiger partial charge in [0.25, 0.3) is 0 Å². The Morgan fingerprint density at radius 2 is 1.97 bits per heavy atom. The van der Waals surface area contributed by atoms with Crippen LogP contribution in [-0.2, 0) is 24.5 Å². The Kier molecular flexibility index (Phi) is 6.90. The minimum absolute atomic E-state index is 0.0464. The highest BCUT2D eigenvalue weighted by atomic mass is 35.5. The van der Waals surface area contributed by atoms with E-state index in [0.29, 0.717) is 22.2 Å². The number of aromatic nitrogens is 4. The number of aromatic amines is 1. The zero-order valence-corrected chi connectivity index (χ0v) is 19.8. The average molecular weight is 462 g/mol. The summed E-state index contributed by atoms with van der Waals surface area (Å²) in [4.78, 5) is 24.6. The third-order valence-electron chi connectivity index (χ3n) is 5.10. The van der Waals surface area contributed by atoms with Crippen LogP contribution in [0.1, 0.15) is 43.4 Å². The van der Waals surface area contributed by atoms with Crippen LogP contribution < -0.4 is 5.32 Å². The van der Waals surface area contributed by atoms with Crippen LogP contribution >= 0.6 is 11.6 Å². The maximum atomic E-state index is 12.4. The van der Waals surface area contributed by atoms with Crippen LogP contribution in [-0.4, -0.2) is 51.0 Å². The van der Waals surface area contributed by atoms with Crippen molar-refractivity contribution in [3.05, 3.63) is 45.9 Å². The lowest BCUT2D eigenvalue weighted by Gasteiger charge is -2.23. The first-order chi connectivity index (χ1) is 15.0. The molecule has 1 unspecified atom stereocenters. The molecule has 0 bridgehead atoms. The number of aryl methyl sites for hydroxylation is 3. The van der Waals surface area contributed by atoms with Gasteiger partial charge in [0.2, 0.25) is 5.91 Å². The summed E-state index contributed by atoms with van der Waals surface area (Å²) in [5.41, 5.74) is 3.42. The molecule has 172 valence electrons. The van der Waals surface area contributed by atoms with E-state index in [4.69, 9.17) is 21.1 Å². The van der Waals surface area contributed by atoms with Crippen molar-refractivity contribution in [2.75, 3.05) is 18.5 Å². The van der Waals surface area contributed by atoms with Gasteiger partial charge in [-0.15, -0.1) is 10.2 Å². The Hall–Kier alpha value is -2.91. The quantitative estimate of drug-likeness (QED) is 0.497. The molecule has 2 N–H and O–H groups in total. The van der Waals surface area contributed by atoms with E-state index >= 15 is 0 Å². The number of ether oxygens (including phenoxy) is 2. The first kappa shape index (κ1) is 23.7. The summed E-state index contributed by atoms with van der Waals surface area (Å²) in [7, 11) is 0. The molecule has 1 aromatic carbocycles. The Morgan fingerprint density at radius 3 is 2.66 bits per heavy atom. The Balaban J connectivity index is 1.52. The van der Waals surface area contributed by atoms with Gasteiger partial charge in [-0.25, -0.2) is 9.31 Å². The molecular formula is C22H28ClN5O4. The van der Waals surface area contributed by atoms with Crippen molar-refractivity contribution in [2.45, 2.75) is 53.1 Å². The Morgan fingerprint density at radius 1 is 1.25 bits per heavy atom. The number of esters is 1. The highest BCUT2D eigenvalue weighted by Crippen LogP contribution is 2.27. The number of benzene rings is 1. The second-order valence-corrected chi connectivity index (χ2v) is 8.92. The van der Waals surface area contributed by atoms with Crippen LogP contribution in [0, 0.1) is 20.8 Å². The summed E-state index contributed by atoms with van der Waals surface area (Å²) >= 11 is 6.21. The number of carbonyl (C=O) groups excluding carboxylic acids is 2. The highest BCUT2D eigenvalue weighted by molar-refractivity contribution is 6.34. The lowest BCUT2D eigenvalue weighted by molar-refractivity contribution is -0.158. The predicted molar refractivity (Wildman–Crippen MR) is 121 cm³/mol. The zero-order chi connectivity index (χ0) is 23.6. The zero-order valence-electron chi connectivity index (χ0n) is 19.1. The average Bonchev–Trinajstić information content (AvgIpc) is 3.27. The smallest absolute Gasteiger partial charge is 0.335 e. The molecule has 0 aliphatic heterocycles. The summed E-state index contributed by atoms with van der Waals surface area (Å²) in [6.07, 6.45) is -0.906. The van der Waals surface area contributed by atoms with Gasteiger partial charge in [-0.05, 0) is 53.2 Å². The molecule has 3 aromatic rings. The van der Waals surface area contributed by atoms with Crippen molar-refractivity contribution in [1.29, 1.82) is 0 Å². The molecule has 32 heavy (non-hydrogen) atoms. The number of hydrogen-bond acceptors (Lipinski definition) is 6. The van der Waals surface area contributed by atoms with E-state index in [1.54, 1.807) is 11.4 Å². The molecule has 1 amide bonds. The van der Waals surface area contributed by atoms with Gasteiger partial charge in [0, 0.05) is 5.69 Å². The van der Waals surface area contributed by atoms with Crippen LogP contribution in [0.3, 0.4) is 0 Å². The molecule has 0 fully saturated rings. The number of fused-ring (bicyclic) bond motifs is 1. The number of rotatable bonds is 8. The first-order valence-corrected chi connectivity index (χ1v) is 10.6. The number of nitrogens with one attached hydrogen (secondary N) is 2. The normalized spacial score (nSPS) is 12.7. The molecule has 0 saturated heterocycles. The maximum absolute atomic E-state index is 12.4. The molecule has 0 radical (unpaired) electrons. The van der Waals surface area contributed by atoms with Gasteiger partial charge in [-0.3, -0.25) is 9.89 Å². The molecular weight excluding hydrogens is 434 g/mol. The summed E-state index contributed by atoms with van der Waals surface area (Å²) < 4.78 is 12.5. The molecule has 9 nitrogen and oxygen atoms in total. The Bertz CT molecular complexity index is 1150. The van der Waals surface area contributed by atoms with E-state index < -0.39 is 17.5 Å². The molecule has 10 heteroatoms. The van der Waals surface area contributed by atoms with Gasteiger partial charge in [-0.2, -0.15) is 0 Å². The summed E-state index contributed by atoms with van der Waals surface area (Å²) in [5.74, 6) is -0.336. The van der Waals surface area contributed by atoms with Crippen LogP contribution in [0.25, 0.3) is 5.65 Å². The first-order valence-electron chi connectivity index (χ1n) is 10.2. The second-order valence-electron chi connectivity index (χ2n) is 8.54. The van der Waals surface area contributed by atoms with E-state index in [1.165, 1.54) is 0 Å². The number of nitrogens with zero attached hydrogens (tertiary/aromatic N) is 3. The fourth-order valence-electron chi connectivity index (χ4n) is 3.20. The third-order valence-corrected chi connectivity index (χ3v) is 5.55. The van der Waals surface area contributed by atoms with Crippen molar-refractivity contribution >= 4 is 34.8 Å². The summed E-state index contributed by atoms with van der Waals surface area (Å²) in [6, 6.07) is 5.73. The fourth-order valence-corrected chi connectivity index (χ4v) is 3.36. The standard InChI is InChI=1S/C22H28ClN5O4/c1-12-7-8-16(13(2)9-12)24-17(29)10-31-15(4)20(30)32-11-22(5,6)21-26-25-19-18(23)14(3)27-28(19)21/h7-9,15,27H,10-11H2,1-6H3,(H,24,29). The largest absolute Gasteiger partial charge is 0.463 e. The minimum atomic E-state index is -0.906. The third kappa shape index (κ3) is 5.11. The molecule has 0 spiro atoms. The highest BCUT2D eigenvalue weighted by Gasteiger charge is 2.31. The monoisotopic (exact) mass is 461 g/mol. The van der Waals surface area contributed by atoms with E-state index in [-0.39, 0.29) is 19.1 Å². The van der Waals surface area contributed by atoms with E-state index in [0.717, 1.165) is 16.8 Å². The Labute approximate surface area is 191 Å². The predicted octanol–water partition coefficient (Wildman–Crippen LogP) is 3.50. The number of hydrogen-bond donors (Lipinski definition) is 2. The number of carbonyl (C=O) groups is 2. The molecule has 2 heterocycles. The van der Waals surface area contributed by atoms with Crippen LogP contribution in [0.15, 0.2) is 18.2 Å².